The van der Waals surface area contributed by atoms with Crippen molar-refractivity contribution in [2.24, 2.45) is 10.2 Å². The van der Waals surface area contributed by atoms with E-state index in [1.54, 1.807) is 25.1 Å². The number of azo groups is 1. The van der Waals surface area contributed by atoms with Crippen molar-refractivity contribution in [3.63, 3.8) is 0 Å². The van der Waals surface area contributed by atoms with Gasteiger partial charge in [0.1, 0.15) is 11.3 Å². The summed E-state index contributed by atoms with van der Waals surface area (Å²) in [6, 6.07) is 10.1. The van der Waals surface area contributed by atoms with Crippen LogP contribution in [0.5, 0.6) is 5.75 Å². The van der Waals surface area contributed by atoms with Crippen LogP contribution in [0.3, 0.4) is 0 Å². The summed E-state index contributed by atoms with van der Waals surface area (Å²) in [6.07, 6.45) is 0. The van der Waals surface area contributed by atoms with Gasteiger partial charge in [-0.05, 0) is 48.9 Å². The average Bonchev–Trinajstić information content (AvgIpc) is 2.41. The molecule has 102 valence electrons. The molecule has 0 heterocycles. The fourth-order valence-electron chi connectivity index (χ4n) is 1.60. The van der Waals surface area contributed by atoms with E-state index < -0.39 is 5.97 Å². The Bertz CT molecular complexity index is 682. The predicted molar refractivity (Wildman–Crippen MR) is 78.1 cm³/mol. The van der Waals surface area contributed by atoms with Crippen molar-refractivity contribution >= 4 is 33.3 Å². The molecule has 6 heteroatoms. The van der Waals surface area contributed by atoms with Crippen LogP contribution in [0.25, 0.3) is 0 Å². The first kappa shape index (κ1) is 14.2. The number of carboxylic acid groups (broad SMARTS) is 1. The summed E-state index contributed by atoms with van der Waals surface area (Å²) in [4.78, 5) is 11.0. The van der Waals surface area contributed by atoms with Gasteiger partial charge in [-0.25, -0.2) is 4.79 Å². The largest absolute Gasteiger partial charge is 0.507 e. The quantitative estimate of drug-likeness (QED) is 0.806. The lowest BCUT2D eigenvalue weighted by atomic mass is 10.1. The van der Waals surface area contributed by atoms with Crippen molar-refractivity contribution in [1.29, 1.82) is 0 Å². The first-order valence-electron chi connectivity index (χ1n) is 5.71. The molecule has 0 atom stereocenters. The van der Waals surface area contributed by atoms with Gasteiger partial charge >= 0.3 is 5.97 Å². The highest BCUT2D eigenvalue weighted by Gasteiger charge is 2.13. The maximum atomic E-state index is 11.0. The van der Waals surface area contributed by atoms with Crippen LogP contribution < -0.4 is 0 Å². The maximum Gasteiger partial charge on any atom is 0.339 e. The molecule has 2 aromatic carbocycles. The number of carboxylic acids is 1. The minimum absolute atomic E-state index is 0.185. The van der Waals surface area contributed by atoms with E-state index in [2.05, 4.69) is 26.2 Å². The van der Waals surface area contributed by atoms with E-state index in [0.29, 0.717) is 16.9 Å². The van der Waals surface area contributed by atoms with Crippen molar-refractivity contribution in [1.82, 2.24) is 0 Å². The Labute approximate surface area is 123 Å². The highest BCUT2D eigenvalue weighted by molar-refractivity contribution is 9.10. The van der Waals surface area contributed by atoms with Gasteiger partial charge in [-0.2, -0.15) is 10.2 Å². The minimum Gasteiger partial charge on any atom is -0.507 e. The zero-order valence-corrected chi connectivity index (χ0v) is 12.1. The van der Waals surface area contributed by atoms with Crippen LogP contribution in [0.1, 0.15) is 15.9 Å². The number of hydrogen-bond acceptors (Lipinski definition) is 4. The smallest absolute Gasteiger partial charge is 0.339 e. The van der Waals surface area contributed by atoms with E-state index in [4.69, 9.17) is 5.11 Å². The molecular formula is C14H11BrN2O3. The third-order valence-corrected chi connectivity index (χ3v) is 3.15. The number of halogens is 1. The molecule has 0 unspecified atom stereocenters. The van der Waals surface area contributed by atoms with Crippen LogP contribution in [-0.2, 0) is 0 Å². The predicted octanol–water partition coefficient (Wildman–Crippen LogP) is 4.58. The van der Waals surface area contributed by atoms with E-state index in [1.165, 1.54) is 6.07 Å². The van der Waals surface area contributed by atoms with E-state index in [9.17, 15) is 9.90 Å². The molecule has 5 nitrogen and oxygen atoms in total. The standard InChI is InChI=1S/C14H11BrN2O3/c1-8-6-11(7-12(13(8)18)14(19)20)17-16-10-4-2-9(15)3-5-10/h2-7,18H,1H3,(H,19,20). The summed E-state index contributed by atoms with van der Waals surface area (Å²) in [6.45, 7) is 1.61. The molecule has 2 rings (SSSR count). The Morgan fingerprint density at radius 1 is 1.10 bits per heavy atom. The lowest BCUT2D eigenvalue weighted by molar-refractivity contribution is 0.0693. The van der Waals surface area contributed by atoms with Crippen LogP contribution >= 0.6 is 15.9 Å². The molecule has 0 aromatic heterocycles. The van der Waals surface area contributed by atoms with Crippen molar-refractivity contribution in [2.75, 3.05) is 0 Å². The molecule has 0 aliphatic carbocycles. The highest BCUT2D eigenvalue weighted by atomic mass is 79.9. The molecule has 2 N–H and O–H groups in total. The fraction of sp³-hybridized carbons (Fsp3) is 0.0714. The first-order valence-corrected chi connectivity index (χ1v) is 6.51. The number of benzene rings is 2. The van der Waals surface area contributed by atoms with Gasteiger partial charge in [0.2, 0.25) is 0 Å². The molecule has 0 saturated heterocycles. The summed E-state index contributed by atoms with van der Waals surface area (Å²) in [5.41, 5.74) is 1.28. The fourth-order valence-corrected chi connectivity index (χ4v) is 1.87. The third kappa shape index (κ3) is 3.21. The number of rotatable bonds is 3. The van der Waals surface area contributed by atoms with Crippen molar-refractivity contribution in [3.8, 4) is 5.75 Å². The zero-order valence-electron chi connectivity index (χ0n) is 10.5. The average molecular weight is 335 g/mol. The Hall–Kier alpha value is -2.21. The molecule has 0 spiro atoms. The second-order valence-electron chi connectivity index (χ2n) is 4.14. The summed E-state index contributed by atoms with van der Waals surface area (Å²) >= 11 is 3.32. The van der Waals surface area contributed by atoms with Gasteiger partial charge in [0.05, 0.1) is 11.4 Å². The summed E-state index contributed by atoms with van der Waals surface area (Å²) in [5, 5.41) is 26.6. The molecule has 2 aromatic rings. The topological polar surface area (TPSA) is 82.2 Å². The van der Waals surface area contributed by atoms with Gasteiger partial charge in [0, 0.05) is 4.47 Å². The zero-order chi connectivity index (χ0) is 14.7. The van der Waals surface area contributed by atoms with Crippen molar-refractivity contribution < 1.29 is 15.0 Å². The van der Waals surface area contributed by atoms with Crippen molar-refractivity contribution in [2.45, 2.75) is 6.92 Å². The number of aryl methyl sites for hydroxylation is 1. The van der Waals surface area contributed by atoms with Crippen molar-refractivity contribution in [3.05, 3.63) is 52.0 Å². The first-order chi connectivity index (χ1) is 9.47. The molecule has 0 radical (unpaired) electrons. The van der Waals surface area contributed by atoms with Crippen LogP contribution in [0.2, 0.25) is 0 Å². The summed E-state index contributed by atoms with van der Waals surface area (Å²) < 4.78 is 0.935. The van der Waals surface area contributed by atoms with Gasteiger partial charge in [0.25, 0.3) is 0 Å². The SMILES string of the molecule is Cc1cc(N=Nc2ccc(Br)cc2)cc(C(=O)O)c1O. The number of carbonyl (C=O) groups is 1. The molecule has 0 amide bonds. The highest BCUT2D eigenvalue weighted by Crippen LogP contribution is 2.29. The lowest BCUT2D eigenvalue weighted by Gasteiger charge is -2.04. The van der Waals surface area contributed by atoms with Gasteiger partial charge in [0.15, 0.2) is 0 Å². The molecule has 0 aliphatic heterocycles. The third-order valence-electron chi connectivity index (χ3n) is 2.62. The van der Waals surface area contributed by atoms with Crippen LogP contribution in [0, 0.1) is 6.92 Å². The van der Waals surface area contributed by atoms with Gasteiger partial charge in [-0.1, -0.05) is 15.9 Å². The summed E-state index contributed by atoms with van der Waals surface area (Å²) in [7, 11) is 0. The molecular weight excluding hydrogens is 324 g/mol. The molecule has 0 saturated carbocycles. The van der Waals surface area contributed by atoms with E-state index in [-0.39, 0.29) is 11.3 Å². The number of hydrogen-bond donors (Lipinski definition) is 2. The second-order valence-corrected chi connectivity index (χ2v) is 5.06. The number of aromatic hydroxyl groups is 1. The van der Waals surface area contributed by atoms with Gasteiger partial charge in [-0.15, -0.1) is 0 Å². The molecule has 0 aliphatic rings. The second kappa shape index (κ2) is 5.83. The Kier molecular flexibility index (Phi) is 4.14. The number of phenols is 1. The van der Waals surface area contributed by atoms with Crippen LogP contribution in [0.4, 0.5) is 11.4 Å². The van der Waals surface area contributed by atoms with E-state index >= 15 is 0 Å². The summed E-state index contributed by atoms with van der Waals surface area (Å²) in [5.74, 6) is -1.45. The maximum absolute atomic E-state index is 11.0. The van der Waals surface area contributed by atoms with E-state index in [1.807, 2.05) is 12.1 Å². The van der Waals surface area contributed by atoms with Crippen LogP contribution in [0.15, 0.2) is 51.1 Å². The minimum atomic E-state index is -1.20. The molecule has 0 fully saturated rings. The Balaban J connectivity index is 2.34. The monoisotopic (exact) mass is 334 g/mol. The molecule has 20 heavy (non-hydrogen) atoms. The van der Waals surface area contributed by atoms with E-state index in [0.717, 1.165) is 4.47 Å². The Morgan fingerprint density at radius 2 is 1.70 bits per heavy atom. The van der Waals surface area contributed by atoms with Gasteiger partial charge < -0.3 is 10.2 Å². The van der Waals surface area contributed by atoms with Gasteiger partial charge in [-0.3, -0.25) is 0 Å². The molecule has 0 bridgehead atoms. The Morgan fingerprint density at radius 3 is 2.30 bits per heavy atom. The van der Waals surface area contributed by atoms with Crippen LogP contribution in [-0.4, -0.2) is 16.2 Å². The lowest BCUT2D eigenvalue weighted by Crippen LogP contribution is -1.97. The number of nitrogens with zero attached hydrogens (tertiary/aromatic N) is 2. The number of aromatic carboxylic acids is 1. The normalized spacial score (nSPS) is 10.9.